The lowest BCUT2D eigenvalue weighted by Gasteiger charge is -2.12. The molecule has 1 amide bonds. The van der Waals surface area contributed by atoms with Crippen molar-refractivity contribution in [1.29, 1.82) is 0 Å². The lowest BCUT2D eigenvalue weighted by Crippen LogP contribution is -2.39. The number of thioether (sulfide) groups is 1. The zero-order valence-corrected chi connectivity index (χ0v) is 10.2. The molecular weight excluding hydrogens is 196 g/mol. The van der Waals surface area contributed by atoms with Crippen LogP contribution in [0.1, 0.15) is 27.2 Å². The molecule has 0 saturated carbocycles. The summed E-state index contributed by atoms with van der Waals surface area (Å²) >= 11 is 1.69. The predicted octanol–water partition coefficient (Wildman–Crippen LogP) is 1.24. The van der Waals surface area contributed by atoms with Gasteiger partial charge in [-0.3, -0.25) is 4.79 Å². The van der Waals surface area contributed by atoms with E-state index in [0.717, 1.165) is 25.3 Å². The molecule has 0 heterocycles. The molecule has 0 spiro atoms. The molecule has 0 rings (SSSR count). The van der Waals surface area contributed by atoms with Gasteiger partial charge in [-0.25, -0.2) is 0 Å². The van der Waals surface area contributed by atoms with Crippen LogP contribution in [0.25, 0.3) is 0 Å². The van der Waals surface area contributed by atoms with Crippen LogP contribution in [-0.2, 0) is 4.79 Å². The third kappa shape index (κ3) is 8.38. The summed E-state index contributed by atoms with van der Waals surface area (Å²) in [6, 6.07) is 0.361. The van der Waals surface area contributed by atoms with Crippen molar-refractivity contribution in [3.05, 3.63) is 0 Å². The molecule has 0 aliphatic carbocycles. The molecule has 1 atom stereocenters. The lowest BCUT2D eigenvalue weighted by atomic mass is 10.3. The first-order valence-electron chi connectivity index (χ1n) is 5.28. The van der Waals surface area contributed by atoms with Crippen molar-refractivity contribution in [2.75, 3.05) is 24.6 Å². The molecule has 3 nitrogen and oxygen atoms in total. The second kappa shape index (κ2) is 9.34. The average molecular weight is 218 g/mol. The zero-order valence-electron chi connectivity index (χ0n) is 9.43. The van der Waals surface area contributed by atoms with E-state index in [1.54, 1.807) is 11.8 Å². The summed E-state index contributed by atoms with van der Waals surface area (Å²) < 4.78 is 0. The second-order valence-electron chi connectivity index (χ2n) is 3.32. The molecular formula is C10H22N2OS. The van der Waals surface area contributed by atoms with E-state index in [-0.39, 0.29) is 5.91 Å². The van der Waals surface area contributed by atoms with Crippen molar-refractivity contribution in [1.82, 2.24) is 10.6 Å². The number of likely N-dealkylation sites (N-methyl/N-ethyl adjacent to an activating group) is 1. The van der Waals surface area contributed by atoms with Crippen molar-refractivity contribution in [3.8, 4) is 0 Å². The molecule has 4 heteroatoms. The first-order chi connectivity index (χ1) is 6.70. The maximum absolute atomic E-state index is 11.3. The molecule has 0 bridgehead atoms. The summed E-state index contributed by atoms with van der Waals surface area (Å²) in [7, 11) is 0. The third-order valence-electron chi connectivity index (χ3n) is 1.74. The quantitative estimate of drug-likeness (QED) is 0.602. The first-order valence-corrected chi connectivity index (χ1v) is 6.44. The van der Waals surface area contributed by atoms with Gasteiger partial charge in [-0.05, 0) is 25.6 Å². The minimum atomic E-state index is 0.146. The minimum Gasteiger partial charge on any atom is -0.354 e. The molecule has 0 fully saturated rings. The summed E-state index contributed by atoms with van der Waals surface area (Å²) in [6.07, 6.45) is 1.13. The van der Waals surface area contributed by atoms with E-state index in [0.29, 0.717) is 11.8 Å². The topological polar surface area (TPSA) is 41.1 Å². The van der Waals surface area contributed by atoms with Crippen LogP contribution in [-0.4, -0.2) is 36.5 Å². The van der Waals surface area contributed by atoms with Crippen molar-refractivity contribution >= 4 is 17.7 Å². The Morgan fingerprint density at radius 3 is 2.71 bits per heavy atom. The van der Waals surface area contributed by atoms with Gasteiger partial charge in [0.2, 0.25) is 5.91 Å². The van der Waals surface area contributed by atoms with E-state index >= 15 is 0 Å². The molecule has 0 radical (unpaired) electrons. The van der Waals surface area contributed by atoms with Crippen LogP contribution in [0.5, 0.6) is 0 Å². The van der Waals surface area contributed by atoms with Gasteiger partial charge in [0, 0.05) is 12.6 Å². The predicted molar refractivity (Wildman–Crippen MR) is 63.8 cm³/mol. The number of hydrogen-bond acceptors (Lipinski definition) is 3. The Kier molecular flexibility index (Phi) is 9.19. The van der Waals surface area contributed by atoms with E-state index in [2.05, 4.69) is 31.4 Å². The lowest BCUT2D eigenvalue weighted by molar-refractivity contribution is -0.118. The summed E-state index contributed by atoms with van der Waals surface area (Å²) in [5, 5.41) is 6.15. The molecule has 0 aromatic heterocycles. The highest BCUT2D eigenvalue weighted by Crippen LogP contribution is 2.00. The van der Waals surface area contributed by atoms with Gasteiger partial charge in [0.1, 0.15) is 0 Å². The summed E-state index contributed by atoms with van der Waals surface area (Å²) in [6.45, 7) is 7.93. The highest BCUT2D eigenvalue weighted by molar-refractivity contribution is 7.99. The van der Waals surface area contributed by atoms with Gasteiger partial charge in [-0.2, -0.15) is 11.8 Å². The number of nitrogens with one attached hydrogen (secondary N) is 2. The normalized spacial score (nSPS) is 12.5. The second-order valence-corrected chi connectivity index (χ2v) is 4.42. The number of amides is 1. The molecule has 14 heavy (non-hydrogen) atoms. The fraction of sp³-hybridized carbons (Fsp3) is 0.900. The highest BCUT2D eigenvalue weighted by atomic mass is 32.2. The zero-order chi connectivity index (χ0) is 10.8. The number of carbonyl (C=O) groups excluding carboxylic acids is 1. The van der Waals surface area contributed by atoms with E-state index in [9.17, 15) is 4.79 Å². The van der Waals surface area contributed by atoms with E-state index in [1.165, 1.54) is 0 Å². The van der Waals surface area contributed by atoms with E-state index < -0.39 is 0 Å². The van der Waals surface area contributed by atoms with Gasteiger partial charge in [0.15, 0.2) is 0 Å². The fourth-order valence-corrected chi connectivity index (χ4v) is 1.77. The smallest absolute Gasteiger partial charge is 0.230 e. The van der Waals surface area contributed by atoms with Crippen LogP contribution in [0.15, 0.2) is 0 Å². The monoisotopic (exact) mass is 218 g/mol. The van der Waals surface area contributed by atoms with Crippen molar-refractivity contribution in [2.45, 2.75) is 33.2 Å². The SMILES string of the molecule is CCCSCC(=O)NC[C@@H](C)NCC. The Hall–Kier alpha value is -0.220. The maximum atomic E-state index is 11.3. The van der Waals surface area contributed by atoms with Crippen LogP contribution in [0.2, 0.25) is 0 Å². The van der Waals surface area contributed by atoms with Gasteiger partial charge in [-0.1, -0.05) is 13.8 Å². The molecule has 0 saturated heterocycles. The van der Waals surface area contributed by atoms with E-state index in [4.69, 9.17) is 0 Å². The minimum absolute atomic E-state index is 0.146. The first kappa shape index (κ1) is 13.8. The number of carbonyl (C=O) groups is 1. The highest BCUT2D eigenvalue weighted by Gasteiger charge is 2.03. The number of rotatable bonds is 8. The number of hydrogen-bond donors (Lipinski definition) is 2. The fourth-order valence-electron chi connectivity index (χ4n) is 1.05. The Bertz CT molecular complexity index is 153. The van der Waals surface area contributed by atoms with Gasteiger partial charge in [-0.15, -0.1) is 0 Å². The largest absolute Gasteiger partial charge is 0.354 e. The molecule has 0 aliphatic heterocycles. The van der Waals surface area contributed by atoms with Crippen LogP contribution in [0.3, 0.4) is 0 Å². The summed E-state index contributed by atoms with van der Waals surface area (Å²) in [5.74, 6) is 1.80. The van der Waals surface area contributed by atoms with E-state index in [1.807, 2.05) is 0 Å². The van der Waals surface area contributed by atoms with Crippen LogP contribution >= 0.6 is 11.8 Å². The van der Waals surface area contributed by atoms with Crippen molar-refractivity contribution < 1.29 is 4.79 Å². The van der Waals surface area contributed by atoms with Gasteiger partial charge < -0.3 is 10.6 Å². The Morgan fingerprint density at radius 2 is 2.14 bits per heavy atom. The Morgan fingerprint density at radius 1 is 1.43 bits per heavy atom. The standard InChI is InChI=1S/C10H22N2OS/c1-4-6-14-8-10(13)12-7-9(3)11-5-2/h9,11H,4-8H2,1-3H3,(H,12,13)/t9-/m1/s1. The molecule has 84 valence electrons. The molecule has 0 aliphatic rings. The van der Waals surface area contributed by atoms with Crippen LogP contribution < -0.4 is 10.6 Å². The summed E-state index contributed by atoms with van der Waals surface area (Å²) in [4.78, 5) is 11.3. The summed E-state index contributed by atoms with van der Waals surface area (Å²) in [5.41, 5.74) is 0. The maximum Gasteiger partial charge on any atom is 0.230 e. The van der Waals surface area contributed by atoms with Gasteiger partial charge in [0.25, 0.3) is 0 Å². The Labute approximate surface area is 91.4 Å². The van der Waals surface area contributed by atoms with Crippen molar-refractivity contribution in [2.24, 2.45) is 0 Å². The third-order valence-corrected chi connectivity index (χ3v) is 2.90. The van der Waals surface area contributed by atoms with Crippen LogP contribution in [0.4, 0.5) is 0 Å². The van der Waals surface area contributed by atoms with Crippen LogP contribution in [0, 0.1) is 0 Å². The van der Waals surface area contributed by atoms with Gasteiger partial charge >= 0.3 is 0 Å². The molecule has 0 unspecified atom stereocenters. The molecule has 2 N–H and O–H groups in total. The molecule has 0 aromatic carbocycles. The average Bonchev–Trinajstić information content (AvgIpc) is 2.16. The Balaban J connectivity index is 3.34. The molecule has 0 aromatic rings. The van der Waals surface area contributed by atoms with Gasteiger partial charge in [0.05, 0.1) is 5.75 Å². The van der Waals surface area contributed by atoms with Crippen molar-refractivity contribution in [3.63, 3.8) is 0 Å².